The number of aryl methyl sites for hydroxylation is 2. The molecule has 6 heteroatoms. The zero-order chi connectivity index (χ0) is 20.6. The van der Waals surface area contributed by atoms with Gasteiger partial charge in [-0.25, -0.2) is 8.42 Å². The number of carbonyl (C=O) groups is 1. The lowest BCUT2D eigenvalue weighted by atomic mass is 10.1. The van der Waals surface area contributed by atoms with Gasteiger partial charge in [-0.05, 0) is 50.2 Å². The van der Waals surface area contributed by atoms with Gasteiger partial charge < -0.3 is 9.88 Å². The molecule has 5 nitrogen and oxygen atoms in total. The number of rotatable bonds is 5. The van der Waals surface area contributed by atoms with Gasteiger partial charge in [-0.3, -0.25) is 4.79 Å². The highest BCUT2D eigenvalue weighted by atomic mass is 32.2. The average Bonchev–Trinajstić information content (AvgIpc) is 3.01. The molecule has 0 aliphatic heterocycles. The predicted octanol–water partition coefficient (Wildman–Crippen LogP) is 4.54. The van der Waals surface area contributed by atoms with Crippen LogP contribution in [0.3, 0.4) is 0 Å². The molecule has 0 radical (unpaired) electrons. The van der Waals surface area contributed by atoms with E-state index in [2.05, 4.69) is 28.9 Å². The van der Waals surface area contributed by atoms with Crippen LogP contribution in [0.1, 0.15) is 12.5 Å². The normalized spacial score (nSPS) is 11.8. The van der Waals surface area contributed by atoms with Crippen LogP contribution < -0.4 is 5.32 Å². The van der Waals surface area contributed by atoms with Gasteiger partial charge in [0.15, 0.2) is 9.84 Å². The minimum atomic E-state index is -3.69. The second-order valence-electron chi connectivity index (χ2n) is 7.11. The largest absolute Gasteiger partial charge is 0.341 e. The molecule has 0 aliphatic rings. The van der Waals surface area contributed by atoms with Crippen LogP contribution in [0.2, 0.25) is 0 Å². The number of hydrogen-bond acceptors (Lipinski definition) is 3. The van der Waals surface area contributed by atoms with E-state index in [4.69, 9.17) is 0 Å². The first-order valence-electron chi connectivity index (χ1n) is 9.49. The standard InChI is InChI=1S/C23H22N2O3S/c1-3-25-21-7-5-4-6-19(21)20-14-17(10-13-22(20)25)24-23(26)15-29(27,28)18-11-8-16(2)9-12-18/h4-14H,3,15H2,1-2H3,(H,24,26). The zero-order valence-electron chi connectivity index (χ0n) is 16.3. The summed E-state index contributed by atoms with van der Waals surface area (Å²) in [5, 5.41) is 4.87. The third-order valence-corrected chi connectivity index (χ3v) is 6.71. The summed E-state index contributed by atoms with van der Waals surface area (Å²) in [5.41, 5.74) is 3.77. The van der Waals surface area contributed by atoms with Gasteiger partial charge in [0.25, 0.3) is 0 Å². The van der Waals surface area contributed by atoms with Crippen LogP contribution >= 0.6 is 0 Å². The van der Waals surface area contributed by atoms with E-state index >= 15 is 0 Å². The molecule has 0 aliphatic carbocycles. The first-order chi connectivity index (χ1) is 13.9. The van der Waals surface area contributed by atoms with Gasteiger partial charge in [0.1, 0.15) is 5.75 Å². The Bertz CT molecular complexity index is 1320. The maximum atomic E-state index is 12.5. The summed E-state index contributed by atoms with van der Waals surface area (Å²) in [6.45, 7) is 4.82. The molecule has 1 amide bonds. The van der Waals surface area contributed by atoms with Crippen LogP contribution in [-0.4, -0.2) is 24.6 Å². The number of fused-ring (bicyclic) bond motifs is 3. The number of sulfone groups is 1. The van der Waals surface area contributed by atoms with Crippen LogP contribution in [0.4, 0.5) is 5.69 Å². The number of aromatic nitrogens is 1. The second kappa shape index (κ2) is 7.37. The van der Waals surface area contributed by atoms with Crippen LogP contribution in [0.15, 0.2) is 71.6 Å². The van der Waals surface area contributed by atoms with Crippen molar-refractivity contribution in [1.29, 1.82) is 0 Å². The summed E-state index contributed by atoms with van der Waals surface area (Å²) >= 11 is 0. The third-order valence-electron chi connectivity index (χ3n) is 5.07. The molecule has 0 unspecified atom stereocenters. The SMILES string of the molecule is CCn1c2ccccc2c2cc(NC(=O)CS(=O)(=O)c3ccc(C)cc3)ccc21. The van der Waals surface area contributed by atoms with Crippen molar-refractivity contribution >= 4 is 43.2 Å². The van der Waals surface area contributed by atoms with E-state index in [0.717, 1.165) is 33.9 Å². The lowest BCUT2D eigenvalue weighted by Crippen LogP contribution is -2.23. The Labute approximate surface area is 169 Å². The highest BCUT2D eigenvalue weighted by Crippen LogP contribution is 2.31. The summed E-state index contributed by atoms with van der Waals surface area (Å²) in [4.78, 5) is 12.6. The molecule has 1 aromatic heterocycles. The maximum absolute atomic E-state index is 12.5. The van der Waals surface area contributed by atoms with E-state index in [-0.39, 0.29) is 4.90 Å². The number of nitrogens with zero attached hydrogens (tertiary/aromatic N) is 1. The number of anilines is 1. The fraction of sp³-hybridized carbons (Fsp3) is 0.174. The lowest BCUT2D eigenvalue weighted by molar-refractivity contribution is -0.113. The van der Waals surface area contributed by atoms with Crippen molar-refractivity contribution in [3.63, 3.8) is 0 Å². The summed E-state index contributed by atoms with van der Waals surface area (Å²) < 4.78 is 27.2. The van der Waals surface area contributed by atoms with E-state index < -0.39 is 21.5 Å². The molecule has 3 aromatic carbocycles. The van der Waals surface area contributed by atoms with Gasteiger partial charge in [0.2, 0.25) is 5.91 Å². The Morgan fingerprint density at radius 1 is 0.931 bits per heavy atom. The monoisotopic (exact) mass is 406 g/mol. The Kier molecular flexibility index (Phi) is 4.88. The fourth-order valence-corrected chi connectivity index (χ4v) is 4.81. The Morgan fingerprint density at radius 3 is 2.34 bits per heavy atom. The molecule has 1 heterocycles. The van der Waals surface area contributed by atoms with Crippen LogP contribution in [-0.2, 0) is 21.2 Å². The molecule has 0 spiro atoms. The van der Waals surface area contributed by atoms with Gasteiger partial charge in [-0.1, -0.05) is 35.9 Å². The highest BCUT2D eigenvalue weighted by molar-refractivity contribution is 7.92. The van der Waals surface area contributed by atoms with Crippen LogP contribution in [0.5, 0.6) is 0 Å². The van der Waals surface area contributed by atoms with Crippen molar-refractivity contribution in [2.24, 2.45) is 0 Å². The van der Waals surface area contributed by atoms with E-state index in [1.54, 1.807) is 12.1 Å². The van der Waals surface area contributed by atoms with Gasteiger partial charge >= 0.3 is 0 Å². The van der Waals surface area contributed by atoms with E-state index in [9.17, 15) is 13.2 Å². The van der Waals surface area contributed by atoms with Crippen molar-refractivity contribution in [1.82, 2.24) is 4.57 Å². The Balaban J connectivity index is 1.61. The topological polar surface area (TPSA) is 68.2 Å². The van der Waals surface area contributed by atoms with E-state index in [1.807, 2.05) is 37.3 Å². The molecule has 148 valence electrons. The molecule has 0 bridgehead atoms. The average molecular weight is 407 g/mol. The van der Waals surface area contributed by atoms with Gasteiger partial charge in [0.05, 0.1) is 4.90 Å². The number of para-hydroxylation sites is 1. The molecule has 4 aromatic rings. The first-order valence-corrected chi connectivity index (χ1v) is 11.1. The van der Waals surface area contributed by atoms with Crippen LogP contribution in [0.25, 0.3) is 21.8 Å². The number of nitrogens with one attached hydrogen (secondary N) is 1. The van der Waals surface area contributed by atoms with Gasteiger partial charge in [0, 0.05) is 34.0 Å². The minimum absolute atomic E-state index is 0.153. The smallest absolute Gasteiger partial charge is 0.239 e. The molecule has 4 rings (SSSR count). The second-order valence-corrected chi connectivity index (χ2v) is 9.10. The highest BCUT2D eigenvalue weighted by Gasteiger charge is 2.19. The fourth-order valence-electron chi connectivity index (χ4n) is 3.67. The van der Waals surface area contributed by atoms with Crippen molar-refractivity contribution in [3.8, 4) is 0 Å². The number of carbonyl (C=O) groups excluding carboxylic acids is 1. The number of hydrogen-bond donors (Lipinski definition) is 1. The first kappa shape index (κ1) is 19.2. The molecule has 1 N–H and O–H groups in total. The van der Waals surface area contributed by atoms with E-state index in [1.165, 1.54) is 12.1 Å². The summed E-state index contributed by atoms with van der Waals surface area (Å²) in [6, 6.07) is 20.3. The van der Waals surface area contributed by atoms with Crippen molar-refractivity contribution in [3.05, 3.63) is 72.3 Å². The van der Waals surface area contributed by atoms with E-state index in [0.29, 0.717) is 5.69 Å². The maximum Gasteiger partial charge on any atom is 0.239 e. The lowest BCUT2D eigenvalue weighted by Gasteiger charge is -2.08. The molecule has 0 atom stereocenters. The van der Waals surface area contributed by atoms with Crippen molar-refractivity contribution in [2.75, 3.05) is 11.1 Å². The summed E-state index contributed by atoms with van der Waals surface area (Å²) in [5.74, 6) is -1.14. The molecular weight excluding hydrogens is 384 g/mol. The predicted molar refractivity (Wildman–Crippen MR) is 117 cm³/mol. The molecule has 29 heavy (non-hydrogen) atoms. The van der Waals surface area contributed by atoms with Crippen LogP contribution in [0, 0.1) is 6.92 Å². The molecular formula is C23H22N2O3S. The van der Waals surface area contributed by atoms with Crippen molar-refractivity contribution < 1.29 is 13.2 Å². The number of amides is 1. The molecule has 0 fully saturated rings. The summed E-state index contributed by atoms with van der Waals surface area (Å²) in [7, 11) is -3.69. The number of benzene rings is 3. The molecule has 0 saturated carbocycles. The molecule has 0 saturated heterocycles. The summed E-state index contributed by atoms with van der Waals surface area (Å²) in [6.07, 6.45) is 0. The minimum Gasteiger partial charge on any atom is -0.341 e. The quantitative estimate of drug-likeness (QED) is 0.529. The Hall–Kier alpha value is -3.12. The van der Waals surface area contributed by atoms with Crippen molar-refractivity contribution in [2.45, 2.75) is 25.3 Å². The zero-order valence-corrected chi connectivity index (χ0v) is 17.2. The third kappa shape index (κ3) is 3.63. The Morgan fingerprint density at radius 2 is 1.62 bits per heavy atom. The van der Waals surface area contributed by atoms with Gasteiger partial charge in [-0.15, -0.1) is 0 Å². The van der Waals surface area contributed by atoms with Gasteiger partial charge in [-0.2, -0.15) is 0 Å².